The molecule has 0 spiro atoms. The molecule has 7 nitrogen and oxygen atoms in total. The van der Waals surface area contributed by atoms with Crippen LogP contribution in [0.15, 0.2) is 12.1 Å². The second-order valence-corrected chi connectivity index (χ2v) is 5.22. The molecule has 0 bridgehead atoms. The number of anilines is 2. The Balaban J connectivity index is 2.02. The number of carboxylic acids is 1. The molecule has 0 radical (unpaired) electrons. The normalized spacial score (nSPS) is 20.8. The van der Waals surface area contributed by atoms with E-state index in [1.54, 1.807) is 6.07 Å². The molecule has 2 heterocycles. The third-order valence-corrected chi connectivity index (χ3v) is 3.63. The molecule has 0 saturated carbocycles. The molecule has 20 heavy (non-hydrogen) atoms. The highest BCUT2D eigenvalue weighted by Gasteiger charge is 2.22. The van der Waals surface area contributed by atoms with E-state index in [1.807, 2.05) is 0 Å². The van der Waals surface area contributed by atoms with Crippen molar-refractivity contribution in [3.8, 4) is 0 Å². The lowest BCUT2D eigenvalue weighted by atomic mass is 10.2. The van der Waals surface area contributed by atoms with E-state index >= 15 is 0 Å². The van der Waals surface area contributed by atoms with Gasteiger partial charge in [0.1, 0.15) is 5.82 Å². The molecule has 1 aromatic heterocycles. The van der Waals surface area contributed by atoms with Crippen LogP contribution in [-0.2, 0) is 0 Å². The number of nitrogens with two attached hydrogens (primary N) is 1. The van der Waals surface area contributed by atoms with Crippen LogP contribution < -0.4 is 11.1 Å². The fourth-order valence-electron chi connectivity index (χ4n) is 2.27. The number of carboxylic acid groups (broad SMARTS) is 1. The predicted octanol–water partition coefficient (Wildman–Crippen LogP) is 0.0197. The van der Waals surface area contributed by atoms with Gasteiger partial charge in [-0.2, -0.15) is 0 Å². The van der Waals surface area contributed by atoms with Gasteiger partial charge in [0.15, 0.2) is 5.69 Å². The number of hydrogen-bond donors (Lipinski definition) is 3. The number of nitrogen functional groups attached to an aromatic ring is 1. The summed E-state index contributed by atoms with van der Waals surface area (Å²) in [5, 5.41) is 12.1. The third-order valence-electron chi connectivity index (χ3n) is 3.63. The number of nitrogens with one attached hydrogen (secondary N) is 1. The Hall–Kier alpha value is -1.86. The lowest BCUT2D eigenvalue weighted by molar-refractivity contribution is 0.0690. The zero-order valence-electron chi connectivity index (χ0n) is 11.8. The van der Waals surface area contributed by atoms with Crippen molar-refractivity contribution in [1.29, 1.82) is 0 Å². The van der Waals surface area contributed by atoms with Gasteiger partial charge >= 0.3 is 5.97 Å². The van der Waals surface area contributed by atoms with Crippen molar-refractivity contribution < 1.29 is 9.90 Å². The van der Waals surface area contributed by atoms with Gasteiger partial charge in [0.05, 0.1) is 5.69 Å². The SMILES string of the molecule is CN1CCN(C)C(CNc2nc(C(=O)O)ccc2N)C1. The van der Waals surface area contributed by atoms with Gasteiger partial charge < -0.3 is 21.1 Å². The van der Waals surface area contributed by atoms with E-state index in [1.165, 1.54) is 6.07 Å². The summed E-state index contributed by atoms with van der Waals surface area (Å²) in [5.41, 5.74) is 6.28. The first-order chi connectivity index (χ1) is 9.47. The van der Waals surface area contributed by atoms with Crippen LogP contribution in [0, 0.1) is 0 Å². The maximum atomic E-state index is 10.9. The lowest BCUT2D eigenvalue weighted by Crippen LogP contribution is -2.52. The molecular weight excluding hydrogens is 258 g/mol. The topological polar surface area (TPSA) is 94.7 Å². The van der Waals surface area contributed by atoms with Crippen LogP contribution in [0.1, 0.15) is 10.5 Å². The second kappa shape index (κ2) is 6.06. The van der Waals surface area contributed by atoms with E-state index in [2.05, 4.69) is 34.2 Å². The monoisotopic (exact) mass is 279 g/mol. The average Bonchev–Trinajstić information content (AvgIpc) is 2.41. The first-order valence-corrected chi connectivity index (χ1v) is 6.60. The predicted molar refractivity (Wildman–Crippen MR) is 78.0 cm³/mol. The molecule has 4 N–H and O–H groups in total. The van der Waals surface area contributed by atoms with E-state index in [4.69, 9.17) is 10.8 Å². The van der Waals surface area contributed by atoms with E-state index in [9.17, 15) is 4.79 Å². The summed E-state index contributed by atoms with van der Waals surface area (Å²) >= 11 is 0. The Bertz CT molecular complexity index is 494. The van der Waals surface area contributed by atoms with E-state index in [0.29, 0.717) is 24.1 Å². The Labute approximate surface area is 118 Å². The largest absolute Gasteiger partial charge is 0.477 e. The number of aromatic nitrogens is 1. The number of rotatable bonds is 4. The molecular formula is C13H21N5O2. The number of piperazine rings is 1. The molecule has 1 fully saturated rings. The summed E-state index contributed by atoms with van der Waals surface area (Å²) in [6, 6.07) is 3.32. The molecule has 2 rings (SSSR count). The Morgan fingerprint density at radius 1 is 1.50 bits per heavy atom. The van der Waals surface area contributed by atoms with E-state index in [0.717, 1.165) is 19.6 Å². The summed E-state index contributed by atoms with van der Waals surface area (Å²) < 4.78 is 0. The van der Waals surface area contributed by atoms with Gasteiger partial charge in [-0.25, -0.2) is 9.78 Å². The Morgan fingerprint density at radius 2 is 2.25 bits per heavy atom. The highest BCUT2D eigenvalue weighted by Crippen LogP contribution is 2.16. The molecule has 0 amide bonds. The van der Waals surface area contributed by atoms with Gasteiger partial charge in [0, 0.05) is 32.2 Å². The summed E-state index contributed by atoms with van der Waals surface area (Å²) in [6.07, 6.45) is 0. The number of carbonyl (C=O) groups is 1. The molecule has 1 aliphatic rings. The van der Waals surface area contributed by atoms with Gasteiger partial charge in [0.25, 0.3) is 0 Å². The molecule has 7 heteroatoms. The molecule has 1 aromatic rings. The molecule has 0 aliphatic carbocycles. The average molecular weight is 279 g/mol. The second-order valence-electron chi connectivity index (χ2n) is 5.22. The van der Waals surface area contributed by atoms with Crippen molar-refractivity contribution in [1.82, 2.24) is 14.8 Å². The van der Waals surface area contributed by atoms with Crippen LogP contribution in [0.25, 0.3) is 0 Å². The van der Waals surface area contributed by atoms with Crippen molar-refractivity contribution in [2.45, 2.75) is 6.04 Å². The van der Waals surface area contributed by atoms with Gasteiger partial charge in [0.2, 0.25) is 0 Å². The highest BCUT2D eigenvalue weighted by atomic mass is 16.4. The molecule has 1 aliphatic heterocycles. The summed E-state index contributed by atoms with van der Waals surface area (Å²) in [5.74, 6) is -0.617. The number of nitrogens with zero attached hydrogens (tertiary/aromatic N) is 3. The van der Waals surface area contributed by atoms with E-state index < -0.39 is 5.97 Å². The molecule has 1 saturated heterocycles. The van der Waals surface area contributed by atoms with Gasteiger partial charge in [-0.05, 0) is 26.2 Å². The van der Waals surface area contributed by atoms with Crippen LogP contribution in [0.4, 0.5) is 11.5 Å². The zero-order valence-corrected chi connectivity index (χ0v) is 11.8. The van der Waals surface area contributed by atoms with Crippen LogP contribution in [0.3, 0.4) is 0 Å². The van der Waals surface area contributed by atoms with Gasteiger partial charge in [-0.3, -0.25) is 4.90 Å². The van der Waals surface area contributed by atoms with Crippen LogP contribution >= 0.6 is 0 Å². The van der Waals surface area contributed by atoms with Crippen molar-refractivity contribution in [2.75, 3.05) is 51.3 Å². The van der Waals surface area contributed by atoms with Gasteiger partial charge in [-0.15, -0.1) is 0 Å². The fourth-order valence-corrected chi connectivity index (χ4v) is 2.27. The summed E-state index contributed by atoms with van der Waals surface area (Å²) in [7, 11) is 4.18. The van der Waals surface area contributed by atoms with Crippen LogP contribution in [0.2, 0.25) is 0 Å². The molecule has 110 valence electrons. The smallest absolute Gasteiger partial charge is 0.354 e. The molecule has 1 atom stereocenters. The Morgan fingerprint density at radius 3 is 2.95 bits per heavy atom. The van der Waals surface area contributed by atoms with Crippen molar-refractivity contribution in [2.24, 2.45) is 0 Å². The number of hydrogen-bond acceptors (Lipinski definition) is 6. The maximum absolute atomic E-state index is 10.9. The first kappa shape index (κ1) is 14.5. The minimum Gasteiger partial charge on any atom is -0.477 e. The van der Waals surface area contributed by atoms with Gasteiger partial charge in [-0.1, -0.05) is 0 Å². The molecule has 1 unspecified atom stereocenters. The summed E-state index contributed by atoms with van der Waals surface area (Å²) in [4.78, 5) is 19.5. The summed E-state index contributed by atoms with van der Waals surface area (Å²) in [6.45, 7) is 3.71. The zero-order chi connectivity index (χ0) is 14.7. The highest BCUT2D eigenvalue weighted by molar-refractivity contribution is 5.86. The minimum atomic E-state index is -1.05. The van der Waals surface area contributed by atoms with Crippen molar-refractivity contribution >= 4 is 17.5 Å². The maximum Gasteiger partial charge on any atom is 0.354 e. The van der Waals surface area contributed by atoms with Crippen LogP contribution in [-0.4, -0.2) is 72.2 Å². The van der Waals surface area contributed by atoms with Crippen molar-refractivity contribution in [3.63, 3.8) is 0 Å². The van der Waals surface area contributed by atoms with Crippen LogP contribution in [0.5, 0.6) is 0 Å². The standard InChI is InChI=1S/C13H21N5O2/c1-17-5-6-18(2)9(8-17)7-15-12-10(14)3-4-11(16-12)13(19)20/h3-4,9H,5-8,14H2,1-2H3,(H,15,16)(H,19,20). The number of pyridine rings is 1. The minimum absolute atomic E-state index is 0.00387. The third kappa shape index (κ3) is 3.37. The first-order valence-electron chi connectivity index (χ1n) is 6.60. The lowest BCUT2D eigenvalue weighted by Gasteiger charge is -2.37. The molecule has 0 aromatic carbocycles. The van der Waals surface area contributed by atoms with E-state index in [-0.39, 0.29) is 5.69 Å². The Kier molecular flexibility index (Phi) is 4.41. The van der Waals surface area contributed by atoms with Crippen molar-refractivity contribution in [3.05, 3.63) is 17.8 Å². The quantitative estimate of drug-likeness (QED) is 0.715. The fraction of sp³-hybridized carbons (Fsp3) is 0.538. The number of aromatic carboxylic acids is 1. The number of likely N-dealkylation sites (N-methyl/N-ethyl adjacent to an activating group) is 2.